The molecule has 2 aliphatic rings. The summed E-state index contributed by atoms with van der Waals surface area (Å²) in [6.45, 7) is 8.87. The summed E-state index contributed by atoms with van der Waals surface area (Å²) in [4.78, 5) is 22.6. The van der Waals surface area contributed by atoms with Gasteiger partial charge >= 0.3 is 0 Å². The monoisotopic (exact) mass is 377 g/mol. The number of carbonyl (C=O) groups excluding carboxylic acids is 1. The van der Waals surface area contributed by atoms with Gasteiger partial charge in [-0.1, -0.05) is 4.49 Å². The number of aryl methyl sites for hydroxylation is 2. The normalized spacial score (nSPS) is 20.5. The third-order valence-corrected chi connectivity index (χ3v) is 6.99. The van der Waals surface area contributed by atoms with E-state index in [1.807, 2.05) is 11.8 Å². The number of likely N-dealkylation sites (tertiary alicyclic amines) is 2. The lowest BCUT2D eigenvalue weighted by Crippen LogP contribution is -2.44. The highest BCUT2D eigenvalue weighted by Gasteiger charge is 2.41. The molecule has 2 aliphatic heterocycles. The van der Waals surface area contributed by atoms with Gasteiger partial charge in [0, 0.05) is 31.6 Å². The highest BCUT2D eigenvalue weighted by Crippen LogP contribution is 2.41. The number of nitrogens with zero attached hydrogens (tertiary/aromatic N) is 5. The highest BCUT2D eigenvalue weighted by atomic mass is 32.1. The van der Waals surface area contributed by atoms with Crippen LogP contribution in [-0.2, 0) is 6.54 Å². The largest absolute Gasteiger partial charge is 0.337 e. The molecule has 4 heterocycles. The number of piperidine rings is 1. The zero-order valence-electron chi connectivity index (χ0n) is 14.7. The number of aromatic nitrogens is 3. The predicted molar refractivity (Wildman–Crippen MR) is 99.0 cm³/mol. The molecule has 134 valence electrons. The van der Waals surface area contributed by atoms with E-state index in [0.717, 1.165) is 55.5 Å². The summed E-state index contributed by atoms with van der Waals surface area (Å²) in [6, 6.07) is 0. The fourth-order valence-electron chi connectivity index (χ4n) is 4.04. The molecule has 0 aliphatic carbocycles. The van der Waals surface area contributed by atoms with Crippen molar-refractivity contribution in [2.24, 2.45) is 5.41 Å². The summed E-state index contributed by atoms with van der Waals surface area (Å²) < 4.78 is 3.89. The summed E-state index contributed by atoms with van der Waals surface area (Å²) in [7, 11) is 0. The quantitative estimate of drug-likeness (QED) is 0.823. The van der Waals surface area contributed by atoms with Crippen LogP contribution in [0, 0.1) is 19.3 Å². The first-order valence-electron chi connectivity index (χ1n) is 8.76. The van der Waals surface area contributed by atoms with Crippen LogP contribution in [0.5, 0.6) is 0 Å². The molecule has 8 heteroatoms. The van der Waals surface area contributed by atoms with Gasteiger partial charge in [-0.25, -0.2) is 4.98 Å². The van der Waals surface area contributed by atoms with Gasteiger partial charge in [0.05, 0.1) is 15.6 Å². The average Bonchev–Trinajstić information content (AvgIpc) is 3.30. The molecule has 4 rings (SSSR count). The molecule has 1 amide bonds. The fourth-order valence-corrected chi connectivity index (χ4v) is 5.11. The molecule has 0 radical (unpaired) electrons. The maximum atomic E-state index is 12.6. The minimum absolute atomic E-state index is 0.0499. The third-order valence-electron chi connectivity index (χ3n) is 5.54. The molecule has 0 atom stereocenters. The molecular formula is C17H23N5OS2. The Kier molecular flexibility index (Phi) is 4.59. The number of hydrogen-bond acceptors (Lipinski definition) is 7. The number of rotatable bonds is 3. The molecule has 2 aromatic heterocycles. The van der Waals surface area contributed by atoms with Gasteiger partial charge in [-0.3, -0.25) is 9.69 Å². The number of hydrogen-bond donors (Lipinski definition) is 0. The molecule has 2 aromatic rings. The van der Waals surface area contributed by atoms with E-state index in [-0.39, 0.29) is 5.91 Å². The van der Waals surface area contributed by atoms with Crippen LogP contribution in [0.25, 0.3) is 0 Å². The van der Waals surface area contributed by atoms with Gasteiger partial charge in [0.25, 0.3) is 5.91 Å². The van der Waals surface area contributed by atoms with Crippen molar-refractivity contribution in [2.45, 2.75) is 39.7 Å². The van der Waals surface area contributed by atoms with E-state index in [2.05, 4.69) is 31.8 Å². The van der Waals surface area contributed by atoms with Crippen molar-refractivity contribution in [3.8, 4) is 0 Å². The lowest BCUT2D eigenvalue weighted by atomic mass is 9.77. The molecule has 2 saturated heterocycles. The third kappa shape index (κ3) is 3.47. The summed E-state index contributed by atoms with van der Waals surface area (Å²) in [5, 5.41) is 7.32. The second-order valence-electron chi connectivity index (χ2n) is 7.29. The van der Waals surface area contributed by atoms with E-state index < -0.39 is 0 Å². The molecule has 0 N–H and O–H groups in total. The van der Waals surface area contributed by atoms with Crippen LogP contribution in [0.2, 0.25) is 0 Å². The van der Waals surface area contributed by atoms with Crippen LogP contribution in [0.4, 0.5) is 0 Å². The minimum atomic E-state index is 0.0499. The van der Waals surface area contributed by atoms with Gasteiger partial charge in [-0.15, -0.1) is 16.4 Å². The molecule has 0 saturated carbocycles. The predicted octanol–water partition coefficient (Wildman–Crippen LogP) is 2.74. The van der Waals surface area contributed by atoms with E-state index in [4.69, 9.17) is 0 Å². The molecule has 2 fully saturated rings. The zero-order chi connectivity index (χ0) is 17.4. The minimum Gasteiger partial charge on any atom is -0.337 e. The van der Waals surface area contributed by atoms with Gasteiger partial charge in [0.1, 0.15) is 0 Å². The molecule has 0 bridgehead atoms. The first kappa shape index (κ1) is 17.1. The van der Waals surface area contributed by atoms with Crippen LogP contribution in [0.1, 0.15) is 45.3 Å². The maximum absolute atomic E-state index is 12.6. The molecule has 6 nitrogen and oxygen atoms in total. The topological polar surface area (TPSA) is 62.2 Å². The van der Waals surface area contributed by atoms with E-state index in [9.17, 15) is 4.79 Å². The molecular weight excluding hydrogens is 354 g/mol. The van der Waals surface area contributed by atoms with Crippen LogP contribution < -0.4 is 0 Å². The van der Waals surface area contributed by atoms with Crippen LogP contribution in [-0.4, -0.2) is 56.5 Å². The summed E-state index contributed by atoms with van der Waals surface area (Å²) in [6.07, 6.45) is 3.40. The van der Waals surface area contributed by atoms with Crippen LogP contribution >= 0.6 is 22.9 Å². The molecule has 25 heavy (non-hydrogen) atoms. The Morgan fingerprint density at radius 1 is 1.24 bits per heavy atom. The summed E-state index contributed by atoms with van der Waals surface area (Å²) in [5.74, 6) is 0.0499. The highest BCUT2D eigenvalue weighted by molar-refractivity contribution is 7.09. The zero-order valence-corrected chi connectivity index (χ0v) is 16.3. The lowest BCUT2D eigenvalue weighted by Gasteiger charge is -2.39. The summed E-state index contributed by atoms with van der Waals surface area (Å²) in [5.41, 5.74) is 2.10. The second-order valence-corrected chi connectivity index (χ2v) is 9.31. The SMILES string of the molecule is Cc1nc(CN2CCC3(CCN(C(=O)c4nnsc4C)CC3)C2)cs1. The Balaban J connectivity index is 1.34. The van der Waals surface area contributed by atoms with Gasteiger partial charge in [-0.2, -0.15) is 0 Å². The number of amides is 1. The van der Waals surface area contributed by atoms with E-state index in [1.165, 1.54) is 23.6 Å². The average molecular weight is 378 g/mol. The maximum Gasteiger partial charge on any atom is 0.275 e. The molecule has 1 spiro atoms. The Morgan fingerprint density at radius 2 is 2.00 bits per heavy atom. The van der Waals surface area contributed by atoms with Gasteiger partial charge in [-0.05, 0) is 56.6 Å². The van der Waals surface area contributed by atoms with E-state index in [1.54, 1.807) is 11.3 Å². The standard InChI is InChI=1S/C17H23N5OS2/c1-12-15(19-20-25-12)16(23)22-7-4-17(5-8-22)3-6-21(11-17)9-14-10-24-13(2)18-14/h10H,3-9,11H2,1-2H3. The van der Waals surface area contributed by atoms with Gasteiger partial charge in [0.15, 0.2) is 5.69 Å². The molecule has 0 unspecified atom stereocenters. The molecule has 0 aromatic carbocycles. The van der Waals surface area contributed by atoms with Gasteiger partial charge < -0.3 is 4.90 Å². The van der Waals surface area contributed by atoms with Crippen LogP contribution in [0.15, 0.2) is 5.38 Å². The van der Waals surface area contributed by atoms with Crippen LogP contribution in [0.3, 0.4) is 0 Å². The fraction of sp³-hybridized carbons (Fsp3) is 0.647. The van der Waals surface area contributed by atoms with Crippen molar-refractivity contribution < 1.29 is 4.79 Å². The van der Waals surface area contributed by atoms with Crippen molar-refractivity contribution in [1.82, 2.24) is 24.4 Å². The first-order chi connectivity index (χ1) is 12.0. The van der Waals surface area contributed by atoms with Crippen molar-refractivity contribution >= 4 is 28.8 Å². The summed E-state index contributed by atoms with van der Waals surface area (Å²) >= 11 is 3.02. The first-order valence-corrected chi connectivity index (χ1v) is 10.4. The number of thiazole rings is 1. The van der Waals surface area contributed by atoms with Crippen molar-refractivity contribution in [3.63, 3.8) is 0 Å². The Morgan fingerprint density at radius 3 is 2.64 bits per heavy atom. The smallest absolute Gasteiger partial charge is 0.275 e. The van der Waals surface area contributed by atoms with E-state index in [0.29, 0.717) is 11.1 Å². The Bertz CT molecular complexity index is 763. The lowest BCUT2D eigenvalue weighted by molar-refractivity contribution is 0.0581. The second kappa shape index (κ2) is 6.74. The van der Waals surface area contributed by atoms with Crippen molar-refractivity contribution in [3.05, 3.63) is 26.7 Å². The van der Waals surface area contributed by atoms with E-state index >= 15 is 0 Å². The van der Waals surface area contributed by atoms with Crippen molar-refractivity contribution in [2.75, 3.05) is 26.2 Å². The number of carbonyl (C=O) groups is 1. The Hall–Kier alpha value is -1.38. The van der Waals surface area contributed by atoms with Gasteiger partial charge in [0.2, 0.25) is 0 Å². The Labute approximate surface area is 156 Å². The van der Waals surface area contributed by atoms with Crippen molar-refractivity contribution in [1.29, 1.82) is 0 Å².